The predicted molar refractivity (Wildman–Crippen MR) is 512 cm³/mol. The summed E-state index contributed by atoms with van der Waals surface area (Å²) in [6, 6.07) is 38.0. The molecule has 0 unspecified atom stereocenters. The molecule has 0 radical (unpaired) electrons. The monoisotopic (exact) mass is 1910 g/mol. The molecule has 6 N–H and O–H groups in total. The van der Waals surface area contributed by atoms with Crippen LogP contribution in [-0.4, -0.2) is 175 Å². The molecule has 0 bridgehead atoms. The van der Waals surface area contributed by atoms with E-state index in [9.17, 15) is 36.5 Å². The molecular formula is C97H128BBr2ClF5N10O9P. The molecule has 0 aromatic heterocycles. The predicted octanol–water partition coefficient (Wildman–Crippen LogP) is 21.9. The van der Waals surface area contributed by atoms with Gasteiger partial charge in [0, 0.05) is 133 Å². The molecule has 6 fully saturated rings. The van der Waals surface area contributed by atoms with Crippen molar-refractivity contribution in [2.45, 2.75) is 184 Å². The van der Waals surface area contributed by atoms with E-state index in [-0.39, 0.29) is 46.5 Å². The number of amides is 2. The van der Waals surface area contributed by atoms with Crippen molar-refractivity contribution >= 4 is 115 Å². The number of likely N-dealkylation sites (N-methyl/N-ethyl adjacent to an activating group) is 3. The highest BCUT2D eigenvalue weighted by Gasteiger charge is 2.52. The van der Waals surface area contributed by atoms with E-state index < -0.39 is 31.2 Å². The second-order valence-corrected chi connectivity index (χ2v) is 39.2. The minimum atomic E-state index is -3.22. The molecule has 0 atom stereocenters. The van der Waals surface area contributed by atoms with Gasteiger partial charge in [-0.2, -0.15) is 0 Å². The molecule has 8 aromatic carbocycles. The molecule has 29 heteroatoms. The normalized spacial score (nSPS) is 16.9. The maximum atomic E-state index is 15.2. The lowest BCUT2D eigenvalue weighted by molar-refractivity contribution is 0.00578. The zero-order valence-corrected chi connectivity index (χ0v) is 80.7. The summed E-state index contributed by atoms with van der Waals surface area (Å²) in [5, 5.41) is 18.3. The lowest BCUT2D eigenvalue weighted by Gasteiger charge is -2.35. The minimum absolute atomic E-state index is 0.131. The van der Waals surface area contributed by atoms with Crippen molar-refractivity contribution in [3.63, 3.8) is 0 Å². The first kappa shape index (κ1) is 102. The van der Waals surface area contributed by atoms with E-state index in [0.717, 1.165) is 134 Å². The number of nitrogens with two attached hydrogens (primary N) is 1. The van der Waals surface area contributed by atoms with Gasteiger partial charge in [0.25, 0.3) is 11.8 Å². The summed E-state index contributed by atoms with van der Waals surface area (Å²) in [5.74, 6) is -2.17. The first-order chi connectivity index (χ1) is 59.7. The standard InChI is InChI=1S/C33H40F2N4O.C20H30BFO2.C20H23BrFN3O.C11H16BrN3.C9H9FO2.C4H10ClO3P/c1-22-17-26(18-23(2)32(22)35)33(40)37-30-20-25(10-12-31(30)39-15-13-38(3)14-16-39)28-19-24(9-11-29(28)34)21-36-27-7-5-4-6-8-27;1-19(2)20(3,4)24-21(23-19)17-14-16(12-13-18(17)22)11-10-15-8-6-5-7-9-15;1-13-10-15(11-14(2)19(13)22)20(26)23-17-12-16(21)4-5-18(17)25-8-6-24(3)7-9-25;1-14-4-6-15(7-5-14)11-3-2-9(12)8-10(11)13;1-5-3-7(9(11)12)4-6(2)8(5)10;1-3-7-9(5,6)8-4-2/h9-12,17-20,27,36H,4-8,13-16,21H2,1-3H3,(H,37,40);12-15H,5-11H2,1-4H3;4-5,10-12H,6-9H2,1-3H3,(H,23,26);2-3,8H,4-7,13H2,1H3;3-4H,1-2H3,(H,11,12);3-4H2,1-2H3. The summed E-state index contributed by atoms with van der Waals surface area (Å²) in [5.41, 5.74) is 17.9. The number of halogens is 8. The number of nitrogen functional groups attached to an aromatic ring is 1. The van der Waals surface area contributed by atoms with Crippen molar-refractivity contribution in [3.05, 3.63) is 227 Å². The smallest absolute Gasteiger partial charge is 0.478 e. The van der Waals surface area contributed by atoms with Crippen LogP contribution in [0.4, 0.5) is 56.1 Å². The summed E-state index contributed by atoms with van der Waals surface area (Å²) in [6.07, 6.45) is 15.3. The number of carboxylic acids is 1. The zero-order valence-electron chi connectivity index (χ0n) is 75.9. The van der Waals surface area contributed by atoms with Crippen molar-refractivity contribution < 1.29 is 64.4 Å². The summed E-state index contributed by atoms with van der Waals surface area (Å²) in [7, 11) is 5.74. The first-order valence-corrected chi connectivity index (χ1v) is 48.0. The van der Waals surface area contributed by atoms with Gasteiger partial charge in [-0.3, -0.25) is 18.6 Å². The van der Waals surface area contributed by atoms with E-state index in [2.05, 4.69) is 113 Å². The molecule has 6 aliphatic rings. The molecule has 8 aromatic rings. The number of nitrogens with one attached hydrogen (secondary N) is 3. The Hall–Kier alpha value is -7.76. The van der Waals surface area contributed by atoms with Crippen LogP contribution in [0.25, 0.3) is 11.1 Å². The van der Waals surface area contributed by atoms with E-state index >= 15 is 4.39 Å². The van der Waals surface area contributed by atoms with E-state index in [1.54, 1.807) is 85.7 Å². The van der Waals surface area contributed by atoms with Crippen LogP contribution < -0.4 is 41.8 Å². The van der Waals surface area contributed by atoms with Crippen molar-refractivity contribution in [3.8, 4) is 11.1 Å². The van der Waals surface area contributed by atoms with Crippen LogP contribution in [0.5, 0.6) is 0 Å². The molecule has 14 rings (SSSR count). The number of rotatable bonds is 20. The third-order valence-electron chi connectivity index (χ3n) is 24.3. The largest absolute Gasteiger partial charge is 0.497 e. The number of nitrogens with zero attached hydrogens (tertiary/aromatic N) is 6. The Kier molecular flexibility index (Phi) is 38.6. The van der Waals surface area contributed by atoms with Gasteiger partial charge in [0.2, 0.25) is 0 Å². The highest BCUT2D eigenvalue weighted by Crippen LogP contribution is 2.53. The van der Waals surface area contributed by atoms with Gasteiger partial charge >= 0.3 is 20.0 Å². The topological polar surface area (TPSA) is 207 Å². The highest BCUT2D eigenvalue weighted by molar-refractivity contribution is 9.10. The number of hydrogen-bond acceptors (Lipinski definition) is 16. The van der Waals surface area contributed by atoms with Crippen LogP contribution in [0.15, 0.2) is 136 Å². The number of carbonyl (C=O) groups excluding carboxylic acids is 2. The van der Waals surface area contributed by atoms with E-state index in [1.165, 1.54) is 94.4 Å². The van der Waals surface area contributed by atoms with E-state index in [4.69, 9.17) is 31.4 Å². The maximum absolute atomic E-state index is 15.2. The molecule has 4 heterocycles. The van der Waals surface area contributed by atoms with Gasteiger partial charge < -0.3 is 65.5 Å². The van der Waals surface area contributed by atoms with Crippen molar-refractivity contribution in [2.75, 3.05) is 144 Å². The van der Waals surface area contributed by atoms with Gasteiger partial charge in [-0.15, -0.1) is 0 Å². The van der Waals surface area contributed by atoms with Crippen LogP contribution >= 0.6 is 50.0 Å². The van der Waals surface area contributed by atoms with Crippen molar-refractivity contribution in [2.24, 2.45) is 5.92 Å². The third kappa shape index (κ3) is 29.6. The van der Waals surface area contributed by atoms with E-state index in [0.29, 0.717) is 92.6 Å². The van der Waals surface area contributed by atoms with Crippen molar-refractivity contribution in [1.82, 2.24) is 20.0 Å². The summed E-state index contributed by atoms with van der Waals surface area (Å²) < 4.78 is 104. The van der Waals surface area contributed by atoms with Gasteiger partial charge in [0.15, 0.2) is 0 Å². The Labute approximate surface area is 765 Å². The number of benzene rings is 8. The van der Waals surface area contributed by atoms with Gasteiger partial charge in [-0.05, 0) is 289 Å². The molecule has 2 amide bonds. The average molecular weight is 1910 g/mol. The number of carbonyl (C=O) groups is 3. The average Bonchev–Trinajstić information content (AvgIpc) is 1.60. The summed E-state index contributed by atoms with van der Waals surface area (Å²) in [4.78, 5) is 50.4. The molecule has 19 nitrogen and oxygen atoms in total. The fourth-order valence-corrected chi connectivity index (χ4v) is 18.1. The molecule has 2 saturated carbocycles. The molecule has 0 spiro atoms. The molecule has 126 heavy (non-hydrogen) atoms. The lowest BCUT2D eigenvalue weighted by atomic mass is 9.77. The Morgan fingerprint density at radius 3 is 1.36 bits per heavy atom. The first-order valence-electron chi connectivity index (χ1n) is 43.9. The van der Waals surface area contributed by atoms with Gasteiger partial charge in [-0.25, -0.2) is 31.3 Å². The fraction of sp³-hybridized carbons (Fsp3) is 0.474. The third-order valence-corrected chi connectivity index (χ3v) is 27.0. The van der Waals surface area contributed by atoms with Crippen LogP contribution in [0.2, 0.25) is 0 Å². The molecule has 4 saturated heterocycles. The lowest BCUT2D eigenvalue weighted by Crippen LogP contribution is -2.44. The zero-order chi connectivity index (χ0) is 91.9. The molecule has 2 aliphatic carbocycles. The summed E-state index contributed by atoms with van der Waals surface area (Å²) in [6.45, 7) is 30.9. The number of aromatic carboxylic acids is 1. The van der Waals surface area contributed by atoms with E-state index in [1.807, 2.05) is 100 Å². The molecular weight excluding hydrogens is 1780 g/mol. The Balaban J connectivity index is 0.000000183. The van der Waals surface area contributed by atoms with Crippen LogP contribution in [-0.2, 0) is 35.9 Å². The Bertz CT molecular complexity index is 4950. The minimum Gasteiger partial charge on any atom is -0.478 e. The number of hydrogen-bond donors (Lipinski definition) is 5. The van der Waals surface area contributed by atoms with Gasteiger partial charge in [0.1, 0.15) is 29.1 Å². The Morgan fingerprint density at radius 2 is 0.913 bits per heavy atom. The highest BCUT2D eigenvalue weighted by atomic mass is 79.9. The second-order valence-electron chi connectivity index (χ2n) is 34.7. The van der Waals surface area contributed by atoms with Gasteiger partial charge in [0.05, 0.1) is 64.1 Å². The maximum Gasteiger partial charge on any atom is 0.497 e. The number of piperazine rings is 3. The summed E-state index contributed by atoms with van der Waals surface area (Å²) >= 11 is 12.2. The van der Waals surface area contributed by atoms with Crippen LogP contribution in [0, 0.1) is 76.5 Å². The number of carboxylic acid groups (broad SMARTS) is 1. The quantitative estimate of drug-likeness (QED) is 0.0208. The SMILES string of the molecule is CC1(C)OB(c2cc(CCC3CCCCC3)ccc2F)OC1(C)C.CCOP(=O)(Cl)OCC.CN1CCN(c2ccc(Br)cc2N)CC1.Cc1cc(C(=O)Nc2cc(-c3cc(CNC4CCCCC4)ccc3F)ccc2N2CCN(C)CC2)cc(C)c1F.Cc1cc(C(=O)Nc2cc(Br)ccc2N2CCN(C)CC2)cc(C)c1F.Cc1cc(C(=O)O)cc(C)c1F. The molecule has 684 valence electrons. The number of aryl methyl sites for hydroxylation is 7. The van der Waals surface area contributed by atoms with Crippen LogP contribution in [0.3, 0.4) is 0 Å². The van der Waals surface area contributed by atoms with Crippen molar-refractivity contribution in [1.29, 1.82) is 0 Å². The van der Waals surface area contributed by atoms with Crippen LogP contribution in [0.1, 0.15) is 188 Å². The number of anilines is 6. The van der Waals surface area contributed by atoms with Gasteiger partial charge in [-0.1, -0.05) is 107 Å². The molecule has 4 aliphatic heterocycles. The fourth-order valence-electron chi connectivity index (χ4n) is 16.1. The Morgan fingerprint density at radius 1 is 0.516 bits per heavy atom. The second kappa shape index (κ2) is 47.7.